The van der Waals surface area contributed by atoms with Crippen LogP contribution >= 0.6 is 0 Å². The van der Waals surface area contributed by atoms with Crippen LogP contribution in [0, 0.1) is 0 Å². The lowest BCUT2D eigenvalue weighted by atomic mass is 10.2. The first-order valence-corrected chi connectivity index (χ1v) is 2.90. The number of aliphatic carboxylic acids is 1. The molecule has 2 atom stereocenters. The molecule has 1 fully saturated rings. The quantitative estimate of drug-likeness (QED) is 0.408. The van der Waals surface area contributed by atoms with Crippen LogP contribution in [0.4, 0.5) is 0 Å². The number of rotatable bonds is 1. The van der Waals surface area contributed by atoms with E-state index in [1.54, 1.807) is 0 Å². The van der Waals surface area contributed by atoms with Gasteiger partial charge in [-0.25, -0.2) is 4.79 Å². The van der Waals surface area contributed by atoms with Crippen LogP contribution in [0.15, 0.2) is 0 Å². The van der Waals surface area contributed by atoms with Gasteiger partial charge in [-0.1, -0.05) is 0 Å². The molecule has 56 valence electrons. The lowest BCUT2D eigenvalue weighted by molar-refractivity contribution is -0.140. The van der Waals surface area contributed by atoms with E-state index in [1.165, 1.54) is 0 Å². The van der Waals surface area contributed by atoms with E-state index in [2.05, 4.69) is 5.32 Å². The van der Waals surface area contributed by atoms with E-state index < -0.39 is 18.1 Å². The third kappa shape index (κ3) is 1.08. The van der Waals surface area contributed by atoms with Gasteiger partial charge in [-0.3, -0.25) is 4.79 Å². The van der Waals surface area contributed by atoms with Crippen molar-refractivity contribution < 1.29 is 14.7 Å². The Kier molecular flexibility index (Phi) is 1.58. The molecule has 5 heteroatoms. The summed E-state index contributed by atoms with van der Waals surface area (Å²) >= 11 is 0. The lowest BCUT2D eigenvalue weighted by Gasteiger charge is -1.99. The van der Waals surface area contributed by atoms with Gasteiger partial charge >= 0.3 is 5.97 Å². The number of carboxylic acid groups (broad SMARTS) is 1. The first kappa shape index (κ1) is 7.01. The molecular formula is C5H8N2O3. The van der Waals surface area contributed by atoms with Gasteiger partial charge in [0.05, 0.1) is 6.04 Å². The smallest absolute Gasteiger partial charge is 0.326 e. The van der Waals surface area contributed by atoms with E-state index in [0.717, 1.165) is 0 Å². The Morgan fingerprint density at radius 3 is 2.60 bits per heavy atom. The molecule has 0 saturated carbocycles. The van der Waals surface area contributed by atoms with Gasteiger partial charge in [0.1, 0.15) is 6.04 Å². The second-order valence-corrected chi connectivity index (χ2v) is 2.24. The van der Waals surface area contributed by atoms with Crippen molar-refractivity contribution in [3.05, 3.63) is 0 Å². The van der Waals surface area contributed by atoms with Crippen molar-refractivity contribution in [1.82, 2.24) is 5.32 Å². The van der Waals surface area contributed by atoms with Gasteiger partial charge in [0.15, 0.2) is 0 Å². The summed E-state index contributed by atoms with van der Waals surface area (Å²) in [6.07, 6.45) is 0.189. The molecule has 5 nitrogen and oxygen atoms in total. The maximum atomic E-state index is 10.6. The van der Waals surface area contributed by atoms with Crippen LogP contribution in [0.1, 0.15) is 6.42 Å². The average molecular weight is 144 g/mol. The number of carboxylic acids is 1. The molecule has 4 N–H and O–H groups in total. The molecule has 1 saturated heterocycles. The van der Waals surface area contributed by atoms with E-state index in [1.807, 2.05) is 0 Å². The van der Waals surface area contributed by atoms with Crippen molar-refractivity contribution in [3.63, 3.8) is 0 Å². The molecule has 1 rings (SSSR count). The average Bonchev–Trinajstić information content (AvgIpc) is 2.13. The maximum Gasteiger partial charge on any atom is 0.326 e. The molecule has 0 radical (unpaired) electrons. The van der Waals surface area contributed by atoms with E-state index in [9.17, 15) is 9.59 Å². The van der Waals surface area contributed by atoms with Gasteiger partial charge in [0, 0.05) is 6.42 Å². The normalized spacial score (nSPS) is 31.9. The summed E-state index contributed by atoms with van der Waals surface area (Å²) < 4.78 is 0. The summed E-state index contributed by atoms with van der Waals surface area (Å²) in [5, 5.41) is 10.6. The van der Waals surface area contributed by atoms with Gasteiger partial charge in [0.2, 0.25) is 5.91 Å². The van der Waals surface area contributed by atoms with E-state index in [0.29, 0.717) is 0 Å². The highest BCUT2D eigenvalue weighted by atomic mass is 16.4. The Bertz CT molecular complexity index is 180. The number of carbonyl (C=O) groups excluding carboxylic acids is 1. The first-order valence-electron chi connectivity index (χ1n) is 2.90. The standard InChI is InChI=1S/C5H8N2O3/c6-2-1-3(5(9)10)7-4(2)8/h2-3H,1,6H2,(H,7,8)(H,9,10)/t2-,3-/m1/s1. The molecule has 1 aliphatic heterocycles. The van der Waals surface area contributed by atoms with Crippen molar-refractivity contribution in [2.24, 2.45) is 5.73 Å². The predicted molar refractivity (Wildman–Crippen MR) is 32.2 cm³/mol. The summed E-state index contributed by atoms with van der Waals surface area (Å²) in [6.45, 7) is 0. The largest absolute Gasteiger partial charge is 0.480 e. The van der Waals surface area contributed by atoms with Crippen LogP contribution in [0.2, 0.25) is 0 Å². The number of nitrogens with two attached hydrogens (primary N) is 1. The first-order chi connectivity index (χ1) is 4.61. The SMILES string of the molecule is N[C@@H]1C[C@H](C(=O)O)NC1=O. The van der Waals surface area contributed by atoms with Crippen molar-refractivity contribution in [2.45, 2.75) is 18.5 Å². The van der Waals surface area contributed by atoms with E-state index in [4.69, 9.17) is 10.8 Å². The van der Waals surface area contributed by atoms with Crippen molar-refractivity contribution in [1.29, 1.82) is 0 Å². The number of hydrogen-bond acceptors (Lipinski definition) is 3. The summed E-state index contributed by atoms with van der Waals surface area (Å²) in [5.41, 5.74) is 5.23. The Morgan fingerprint density at radius 2 is 2.40 bits per heavy atom. The Morgan fingerprint density at radius 1 is 1.80 bits per heavy atom. The zero-order chi connectivity index (χ0) is 7.72. The Balaban J connectivity index is 2.57. The fourth-order valence-corrected chi connectivity index (χ4v) is 0.861. The predicted octanol–water partition coefficient (Wildman–Crippen LogP) is -1.71. The molecule has 0 spiro atoms. The topological polar surface area (TPSA) is 92.4 Å². The minimum Gasteiger partial charge on any atom is -0.480 e. The maximum absolute atomic E-state index is 10.6. The molecule has 1 aliphatic rings. The van der Waals surface area contributed by atoms with E-state index >= 15 is 0 Å². The fraction of sp³-hybridized carbons (Fsp3) is 0.600. The van der Waals surface area contributed by atoms with Gasteiger partial charge in [0.25, 0.3) is 0 Å². The second-order valence-electron chi connectivity index (χ2n) is 2.24. The molecule has 0 aromatic carbocycles. The van der Waals surface area contributed by atoms with Crippen LogP contribution < -0.4 is 11.1 Å². The monoisotopic (exact) mass is 144 g/mol. The van der Waals surface area contributed by atoms with Crippen molar-refractivity contribution >= 4 is 11.9 Å². The van der Waals surface area contributed by atoms with Gasteiger partial charge in [-0.05, 0) is 0 Å². The van der Waals surface area contributed by atoms with Crippen LogP contribution in [0.5, 0.6) is 0 Å². The molecule has 10 heavy (non-hydrogen) atoms. The zero-order valence-corrected chi connectivity index (χ0v) is 5.20. The molecular weight excluding hydrogens is 136 g/mol. The third-order valence-electron chi connectivity index (χ3n) is 1.44. The fourth-order valence-electron chi connectivity index (χ4n) is 0.861. The highest BCUT2D eigenvalue weighted by Gasteiger charge is 2.33. The van der Waals surface area contributed by atoms with Gasteiger partial charge < -0.3 is 16.2 Å². The minimum atomic E-state index is -1.03. The highest BCUT2D eigenvalue weighted by molar-refractivity contribution is 5.90. The molecule has 0 unspecified atom stereocenters. The highest BCUT2D eigenvalue weighted by Crippen LogP contribution is 2.04. The van der Waals surface area contributed by atoms with Crippen LogP contribution in [0.25, 0.3) is 0 Å². The Labute approximate surface area is 57.2 Å². The van der Waals surface area contributed by atoms with Gasteiger partial charge in [-0.2, -0.15) is 0 Å². The summed E-state index contributed by atoms with van der Waals surface area (Å²) in [7, 11) is 0. The number of carbonyl (C=O) groups is 2. The van der Waals surface area contributed by atoms with Crippen LogP contribution in [0.3, 0.4) is 0 Å². The lowest BCUT2D eigenvalue weighted by Crippen LogP contribution is -2.34. The number of hydrogen-bond donors (Lipinski definition) is 3. The van der Waals surface area contributed by atoms with Gasteiger partial charge in [-0.15, -0.1) is 0 Å². The Hall–Kier alpha value is -1.10. The number of amides is 1. The zero-order valence-electron chi connectivity index (χ0n) is 5.20. The second kappa shape index (κ2) is 2.26. The molecule has 1 heterocycles. The summed E-state index contributed by atoms with van der Waals surface area (Å²) in [4.78, 5) is 20.8. The van der Waals surface area contributed by atoms with Crippen molar-refractivity contribution in [2.75, 3.05) is 0 Å². The molecule has 0 aliphatic carbocycles. The summed E-state index contributed by atoms with van der Waals surface area (Å²) in [6, 6.07) is -1.44. The summed E-state index contributed by atoms with van der Waals surface area (Å²) in [5.74, 6) is -1.41. The molecule has 0 bridgehead atoms. The third-order valence-corrected chi connectivity index (χ3v) is 1.44. The van der Waals surface area contributed by atoms with E-state index in [-0.39, 0.29) is 12.3 Å². The van der Waals surface area contributed by atoms with Crippen molar-refractivity contribution in [3.8, 4) is 0 Å². The molecule has 0 aromatic rings. The van der Waals surface area contributed by atoms with Crippen LogP contribution in [-0.2, 0) is 9.59 Å². The molecule has 1 amide bonds. The number of nitrogens with one attached hydrogen (secondary N) is 1. The minimum absolute atomic E-state index is 0.189. The molecule has 0 aromatic heterocycles. The van der Waals surface area contributed by atoms with Crippen LogP contribution in [-0.4, -0.2) is 29.1 Å².